The molecule has 2 aromatic rings. The van der Waals surface area contributed by atoms with Gasteiger partial charge in [-0.3, -0.25) is 4.79 Å². The number of rotatable bonds is 5. The van der Waals surface area contributed by atoms with Crippen LogP contribution in [0.4, 0.5) is 11.4 Å². The summed E-state index contributed by atoms with van der Waals surface area (Å²) < 4.78 is 0. The molecule has 0 aliphatic rings. The lowest BCUT2D eigenvalue weighted by Gasteiger charge is -2.19. The van der Waals surface area contributed by atoms with E-state index >= 15 is 0 Å². The fourth-order valence-electron chi connectivity index (χ4n) is 2.06. The first-order valence-electron chi connectivity index (χ1n) is 6.88. The summed E-state index contributed by atoms with van der Waals surface area (Å²) >= 11 is 5.90. The molecule has 2 rings (SSSR count). The van der Waals surface area contributed by atoms with Crippen LogP contribution in [-0.4, -0.2) is 19.5 Å². The van der Waals surface area contributed by atoms with Crippen molar-refractivity contribution in [1.82, 2.24) is 0 Å². The van der Waals surface area contributed by atoms with Gasteiger partial charge in [0.2, 0.25) is 5.91 Å². The number of carbonyl (C=O) groups excluding carboxylic acids is 1. The van der Waals surface area contributed by atoms with Gasteiger partial charge in [-0.25, -0.2) is 0 Å². The third-order valence-electron chi connectivity index (χ3n) is 3.33. The van der Waals surface area contributed by atoms with Crippen molar-refractivity contribution >= 4 is 28.9 Å². The summed E-state index contributed by atoms with van der Waals surface area (Å²) in [6.45, 7) is 2.60. The Morgan fingerprint density at radius 3 is 2.57 bits per heavy atom. The van der Waals surface area contributed by atoms with Crippen molar-refractivity contribution in [3.63, 3.8) is 0 Å². The van der Waals surface area contributed by atoms with Gasteiger partial charge < -0.3 is 10.2 Å². The number of aryl methyl sites for hydroxylation is 1. The molecule has 110 valence electrons. The van der Waals surface area contributed by atoms with Crippen LogP contribution in [0.5, 0.6) is 0 Å². The maximum absolute atomic E-state index is 12.0. The van der Waals surface area contributed by atoms with Gasteiger partial charge in [0.25, 0.3) is 0 Å². The Labute approximate surface area is 130 Å². The highest BCUT2D eigenvalue weighted by Crippen LogP contribution is 2.19. The standard InChI is InChI=1S/C17H19ClN2O/c1-13-12-14(18)8-9-16(13)19-17(21)10-11-20(2)15-6-4-3-5-7-15/h3-9,12H,10-11H2,1-2H3,(H,19,21). The quantitative estimate of drug-likeness (QED) is 0.901. The lowest BCUT2D eigenvalue weighted by molar-refractivity contribution is -0.116. The molecule has 0 unspecified atom stereocenters. The second kappa shape index (κ2) is 7.14. The zero-order chi connectivity index (χ0) is 15.2. The molecule has 1 amide bonds. The lowest BCUT2D eigenvalue weighted by Crippen LogP contribution is -2.24. The minimum absolute atomic E-state index is 0.00297. The van der Waals surface area contributed by atoms with Crippen LogP contribution in [-0.2, 0) is 4.79 Å². The monoisotopic (exact) mass is 302 g/mol. The van der Waals surface area contributed by atoms with Crippen LogP contribution in [0.25, 0.3) is 0 Å². The highest BCUT2D eigenvalue weighted by atomic mass is 35.5. The van der Waals surface area contributed by atoms with E-state index in [9.17, 15) is 4.79 Å². The van der Waals surface area contributed by atoms with Gasteiger partial charge in [0.05, 0.1) is 0 Å². The van der Waals surface area contributed by atoms with E-state index in [4.69, 9.17) is 11.6 Å². The Bertz CT molecular complexity index is 613. The molecular weight excluding hydrogens is 284 g/mol. The second-order valence-corrected chi connectivity index (χ2v) is 5.45. The average Bonchev–Trinajstić information content (AvgIpc) is 2.48. The summed E-state index contributed by atoms with van der Waals surface area (Å²) in [6.07, 6.45) is 0.438. The molecule has 0 aliphatic heterocycles. The van der Waals surface area contributed by atoms with Crippen molar-refractivity contribution in [2.24, 2.45) is 0 Å². The highest BCUT2D eigenvalue weighted by Gasteiger charge is 2.07. The number of nitrogens with one attached hydrogen (secondary N) is 1. The number of benzene rings is 2. The minimum atomic E-state index is 0.00297. The number of hydrogen-bond donors (Lipinski definition) is 1. The zero-order valence-corrected chi connectivity index (χ0v) is 13.0. The molecular formula is C17H19ClN2O. The maximum atomic E-state index is 12.0. The minimum Gasteiger partial charge on any atom is -0.374 e. The van der Waals surface area contributed by atoms with E-state index in [0.717, 1.165) is 16.9 Å². The molecule has 0 heterocycles. The summed E-state index contributed by atoms with van der Waals surface area (Å²) in [7, 11) is 1.98. The smallest absolute Gasteiger partial charge is 0.226 e. The van der Waals surface area contributed by atoms with Gasteiger partial charge >= 0.3 is 0 Å². The van der Waals surface area contributed by atoms with Gasteiger partial charge in [-0.05, 0) is 42.8 Å². The predicted molar refractivity (Wildman–Crippen MR) is 89.1 cm³/mol. The number of anilines is 2. The summed E-state index contributed by atoms with van der Waals surface area (Å²) in [5.74, 6) is 0.00297. The fourth-order valence-corrected chi connectivity index (χ4v) is 2.29. The van der Waals surface area contributed by atoms with Crippen molar-refractivity contribution in [3.8, 4) is 0 Å². The number of halogens is 1. The highest BCUT2D eigenvalue weighted by molar-refractivity contribution is 6.30. The summed E-state index contributed by atoms with van der Waals surface area (Å²) in [4.78, 5) is 14.1. The number of para-hydroxylation sites is 1. The molecule has 0 aliphatic carbocycles. The molecule has 1 N–H and O–H groups in total. The van der Waals surface area contributed by atoms with Gasteiger partial charge in [-0.15, -0.1) is 0 Å². The molecule has 0 radical (unpaired) electrons. The van der Waals surface area contributed by atoms with E-state index in [1.54, 1.807) is 6.07 Å². The zero-order valence-electron chi connectivity index (χ0n) is 12.3. The van der Waals surface area contributed by atoms with Gasteiger partial charge in [0.1, 0.15) is 0 Å². The van der Waals surface area contributed by atoms with Crippen molar-refractivity contribution in [3.05, 3.63) is 59.1 Å². The maximum Gasteiger partial charge on any atom is 0.226 e. The van der Waals surface area contributed by atoms with Crippen LogP contribution in [0.1, 0.15) is 12.0 Å². The summed E-state index contributed by atoms with van der Waals surface area (Å²) in [6, 6.07) is 15.5. The Kier molecular flexibility index (Phi) is 5.23. The number of nitrogens with zero attached hydrogens (tertiary/aromatic N) is 1. The molecule has 0 fully saturated rings. The molecule has 2 aromatic carbocycles. The van der Waals surface area contributed by atoms with E-state index in [1.165, 1.54) is 0 Å². The Morgan fingerprint density at radius 2 is 1.90 bits per heavy atom. The third kappa shape index (κ3) is 4.50. The van der Waals surface area contributed by atoms with Crippen LogP contribution >= 0.6 is 11.6 Å². The van der Waals surface area contributed by atoms with Crippen LogP contribution in [0.15, 0.2) is 48.5 Å². The molecule has 0 atom stereocenters. The van der Waals surface area contributed by atoms with Gasteiger partial charge in [0.15, 0.2) is 0 Å². The van der Waals surface area contributed by atoms with Crippen LogP contribution in [0.2, 0.25) is 5.02 Å². The van der Waals surface area contributed by atoms with Crippen molar-refractivity contribution in [1.29, 1.82) is 0 Å². The van der Waals surface area contributed by atoms with E-state index in [1.807, 2.05) is 56.4 Å². The first-order chi connectivity index (χ1) is 10.1. The molecule has 0 aromatic heterocycles. The first-order valence-corrected chi connectivity index (χ1v) is 7.26. The predicted octanol–water partition coefficient (Wildman–Crippen LogP) is 4.11. The SMILES string of the molecule is Cc1cc(Cl)ccc1NC(=O)CCN(C)c1ccccc1. The Balaban J connectivity index is 1.87. The molecule has 21 heavy (non-hydrogen) atoms. The van der Waals surface area contributed by atoms with Crippen LogP contribution in [0.3, 0.4) is 0 Å². The molecule has 3 nitrogen and oxygen atoms in total. The largest absolute Gasteiger partial charge is 0.374 e. The Hall–Kier alpha value is -2.00. The van der Waals surface area contributed by atoms with Gasteiger partial charge in [-0.2, -0.15) is 0 Å². The number of carbonyl (C=O) groups is 1. The van der Waals surface area contributed by atoms with Crippen LogP contribution < -0.4 is 10.2 Å². The third-order valence-corrected chi connectivity index (χ3v) is 3.57. The molecule has 0 saturated carbocycles. The lowest BCUT2D eigenvalue weighted by atomic mass is 10.2. The average molecular weight is 303 g/mol. The summed E-state index contributed by atoms with van der Waals surface area (Å²) in [5.41, 5.74) is 2.88. The number of amides is 1. The molecule has 0 saturated heterocycles. The van der Waals surface area contributed by atoms with Crippen molar-refractivity contribution in [2.75, 3.05) is 23.8 Å². The van der Waals surface area contributed by atoms with E-state index in [0.29, 0.717) is 18.0 Å². The van der Waals surface area contributed by atoms with E-state index in [-0.39, 0.29) is 5.91 Å². The number of hydrogen-bond acceptors (Lipinski definition) is 2. The topological polar surface area (TPSA) is 32.3 Å². The molecule has 0 spiro atoms. The van der Waals surface area contributed by atoms with Crippen LogP contribution in [0, 0.1) is 6.92 Å². The second-order valence-electron chi connectivity index (χ2n) is 5.01. The normalized spacial score (nSPS) is 10.2. The first kappa shape index (κ1) is 15.4. The molecule has 4 heteroatoms. The van der Waals surface area contributed by atoms with Crippen molar-refractivity contribution in [2.45, 2.75) is 13.3 Å². The summed E-state index contributed by atoms with van der Waals surface area (Å²) in [5, 5.41) is 3.60. The van der Waals surface area contributed by atoms with Crippen molar-refractivity contribution < 1.29 is 4.79 Å². The molecule has 0 bridgehead atoms. The fraction of sp³-hybridized carbons (Fsp3) is 0.235. The Morgan fingerprint density at radius 1 is 1.19 bits per heavy atom. The van der Waals surface area contributed by atoms with Gasteiger partial charge in [0, 0.05) is 36.4 Å². The van der Waals surface area contributed by atoms with E-state index < -0.39 is 0 Å². The van der Waals surface area contributed by atoms with E-state index in [2.05, 4.69) is 10.2 Å². The van der Waals surface area contributed by atoms with Gasteiger partial charge in [-0.1, -0.05) is 29.8 Å².